The Morgan fingerprint density at radius 1 is 1.40 bits per heavy atom. The number of carbonyl (C=O) groups excluding carboxylic acids is 1. The van der Waals surface area contributed by atoms with Crippen LogP contribution in [-0.2, 0) is 11.3 Å². The fourth-order valence-electron chi connectivity index (χ4n) is 1.83. The molecule has 1 unspecified atom stereocenters. The van der Waals surface area contributed by atoms with Gasteiger partial charge in [-0.05, 0) is 69.3 Å². The molecule has 0 spiro atoms. The van der Waals surface area contributed by atoms with Crippen molar-refractivity contribution >= 4 is 37.8 Å². The Bertz CT molecular complexity index is 481. The Balaban J connectivity index is 1.91. The zero-order chi connectivity index (χ0) is 14.7. The minimum absolute atomic E-state index is 0.0687. The SMILES string of the molecule is COc1c(Br)cc(CNC(C)C(=O)NC2CC2)cc1Br. The van der Waals surface area contributed by atoms with Gasteiger partial charge in [-0.15, -0.1) is 0 Å². The van der Waals surface area contributed by atoms with Crippen LogP contribution in [0, 0.1) is 0 Å². The number of rotatable bonds is 6. The zero-order valence-corrected chi connectivity index (χ0v) is 14.7. The summed E-state index contributed by atoms with van der Waals surface area (Å²) in [4.78, 5) is 11.8. The molecule has 0 bridgehead atoms. The molecule has 1 aliphatic carbocycles. The van der Waals surface area contributed by atoms with Crippen LogP contribution in [-0.4, -0.2) is 25.1 Å². The van der Waals surface area contributed by atoms with Gasteiger partial charge < -0.3 is 15.4 Å². The van der Waals surface area contributed by atoms with E-state index in [0.29, 0.717) is 12.6 Å². The van der Waals surface area contributed by atoms with Gasteiger partial charge >= 0.3 is 0 Å². The highest BCUT2D eigenvalue weighted by Crippen LogP contribution is 2.34. The third-order valence-corrected chi connectivity index (χ3v) is 4.37. The highest BCUT2D eigenvalue weighted by Gasteiger charge is 2.25. The van der Waals surface area contributed by atoms with Gasteiger partial charge in [0.05, 0.1) is 22.1 Å². The summed E-state index contributed by atoms with van der Waals surface area (Å²) >= 11 is 6.95. The molecule has 2 N–H and O–H groups in total. The van der Waals surface area contributed by atoms with Gasteiger partial charge in [0.2, 0.25) is 5.91 Å². The second-order valence-corrected chi connectivity index (χ2v) is 6.69. The van der Waals surface area contributed by atoms with E-state index in [4.69, 9.17) is 4.74 Å². The largest absolute Gasteiger partial charge is 0.494 e. The molecule has 4 nitrogen and oxygen atoms in total. The minimum atomic E-state index is -0.199. The Hall–Kier alpha value is -0.590. The topological polar surface area (TPSA) is 50.4 Å². The van der Waals surface area contributed by atoms with Gasteiger partial charge in [-0.2, -0.15) is 0 Å². The number of halogens is 2. The summed E-state index contributed by atoms with van der Waals surface area (Å²) in [5, 5.41) is 6.22. The summed E-state index contributed by atoms with van der Waals surface area (Å²) in [7, 11) is 1.63. The molecule has 110 valence electrons. The fraction of sp³-hybridized carbons (Fsp3) is 0.500. The van der Waals surface area contributed by atoms with E-state index in [1.165, 1.54) is 0 Å². The van der Waals surface area contributed by atoms with Crippen LogP contribution in [0.4, 0.5) is 0 Å². The number of hydrogen-bond acceptors (Lipinski definition) is 3. The van der Waals surface area contributed by atoms with E-state index in [-0.39, 0.29) is 11.9 Å². The standard InChI is InChI=1S/C14H18Br2N2O2/c1-8(14(19)18-10-3-4-10)17-7-9-5-11(15)13(20-2)12(16)6-9/h5-6,8,10,17H,3-4,7H2,1-2H3,(H,18,19). The van der Waals surface area contributed by atoms with Crippen molar-refractivity contribution in [1.29, 1.82) is 0 Å². The highest BCUT2D eigenvalue weighted by molar-refractivity contribution is 9.11. The molecular formula is C14H18Br2N2O2. The summed E-state index contributed by atoms with van der Waals surface area (Å²) in [6.45, 7) is 2.51. The maximum Gasteiger partial charge on any atom is 0.237 e. The molecule has 1 saturated carbocycles. The van der Waals surface area contributed by atoms with Gasteiger partial charge in [-0.3, -0.25) is 4.79 Å². The molecule has 0 aliphatic heterocycles. The van der Waals surface area contributed by atoms with Crippen molar-refractivity contribution in [3.8, 4) is 5.75 Å². The predicted molar refractivity (Wildman–Crippen MR) is 85.9 cm³/mol. The third kappa shape index (κ3) is 4.20. The van der Waals surface area contributed by atoms with Gasteiger partial charge in [0.25, 0.3) is 0 Å². The molecule has 0 radical (unpaired) electrons. The van der Waals surface area contributed by atoms with E-state index in [1.807, 2.05) is 19.1 Å². The molecule has 0 heterocycles. The number of nitrogens with one attached hydrogen (secondary N) is 2. The smallest absolute Gasteiger partial charge is 0.237 e. The lowest BCUT2D eigenvalue weighted by molar-refractivity contribution is -0.122. The van der Waals surface area contributed by atoms with Gasteiger partial charge in [0, 0.05) is 12.6 Å². The van der Waals surface area contributed by atoms with Crippen LogP contribution in [0.25, 0.3) is 0 Å². The lowest BCUT2D eigenvalue weighted by Gasteiger charge is -2.15. The van der Waals surface area contributed by atoms with Crippen molar-refractivity contribution in [2.75, 3.05) is 7.11 Å². The second kappa shape index (κ2) is 6.91. The van der Waals surface area contributed by atoms with Crippen molar-refractivity contribution in [2.45, 2.75) is 38.4 Å². The molecule has 20 heavy (non-hydrogen) atoms. The van der Waals surface area contributed by atoms with Crippen molar-refractivity contribution in [3.05, 3.63) is 26.6 Å². The molecule has 1 aliphatic rings. The lowest BCUT2D eigenvalue weighted by atomic mass is 10.2. The minimum Gasteiger partial charge on any atom is -0.494 e. The number of methoxy groups -OCH3 is 1. The molecule has 0 saturated heterocycles. The predicted octanol–water partition coefficient (Wildman–Crippen LogP) is 2.98. The molecule has 1 amide bonds. The monoisotopic (exact) mass is 404 g/mol. The van der Waals surface area contributed by atoms with E-state index in [1.54, 1.807) is 7.11 Å². The summed E-state index contributed by atoms with van der Waals surface area (Å²) in [5.74, 6) is 0.840. The number of benzene rings is 1. The lowest BCUT2D eigenvalue weighted by Crippen LogP contribution is -2.42. The first kappa shape index (κ1) is 15.8. The molecule has 2 rings (SSSR count). The maximum atomic E-state index is 11.8. The fourth-order valence-corrected chi connectivity index (χ4v) is 3.43. The van der Waals surface area contributed by atoms with Gasteiger partial charge in [0.15, 0.2) is 0 Å². The van der Waals surface area contributed by atoms with Crippen molar-refractivity contribution in [2.24, 2.45) is 0 Å². The van der Waals surface area contributed by atoms with Crippen LogP contribution in [0.5, 0.6) is 5.75 Å². The Kier molecular flexibility index (Phi) is 5.46. The molecule has 1 aromatic carbocycles. The Labute approximate surface area is 135 Å². The number of amides is 1. The van der Waals surface area contributed by atoms with Crippen molar-refractivity contribution in [3.63, 3.8) is 0 Å². The normalized spacial score (nSPS) is 15.8. The molecule has 1 atom stereocenters. The number of ether oxygens (including phenoxy) is 1. The third-order valence-electron chi connectivity index (χ3n) is 3.19. The van der Waals surface area contributed by atoms with Crippen LogP contribution in [0.1, 0.15) is 25.3 Å². The van der Waals surface area contributed by atoms with Crippen LogP contribution < -0.4 is 15.4 Å². The van der Waals surface area contributed by atoms with E-state index in [2.05, 4.69) is 42.5 Å². The summed E-state index contributed by atoms with van der Waals surface area (Å²) in [6.07, 6.45) is 2.22. The van der Waals surface area contributed by atoms with E-state index < -0.39 is 0 Å². The highest BCUT2D eigenvalue weighted by atomic mass is 79.9. The van der Waals surface area contributed by atoms with E-state index >= 15 is 0 Å². The average Bonchev–Trinajstić information content (AvgIpc) is 3.19. The molecule has 1 fully saturated rings. The van der Waals surface area contributed by atoms with Gasteiger partial charge in [-0.1, -0.05) is 0 Å². The first-order valence-corrected chi connectivity index (χ1v) is 8.15. The summed E-state index contributed by atoms with van der Waals surface area (Å²) in [6, 6.07) is 4.18. The van der Waals surface area contributed by atoms with Crippen LogP contribution in [0.3, 0.4) is 0 Å². The van der Waals surface area contributed by atoms with Gasteiger partial charge in [-0.25, -0.2) is 0 Å². The van der Waals surface area contributed by atoms with Crippen molar-refractivity contribution < 1.29 is 9.53 Å². The number of carbonyl (C=O) groups is 1. The average molecular weight is 406 g/mol. The first-order valence-electron chi connectivity index (χ1n) is 6.57. The molecule has 0 aromatic heterocycles. The van der Waals surface area contributed by atoms with Gasteiger partial charge in [0.1, 0.15) is 5.75 Å². The second-order valence-electron chi connectivity index (χ2n) is 4.98. The molecule has 6 heteroatoms. The number of hydrogen-bond donors (Lipinski definition) is 2. The van der Waals surface area contributed by atoms with E-state index in [9.17, 15) is 4.79 Å². The van der Waals surface area contributed by atoms with Crippen LogP contribution >= 0.6 is 31.9 Å². The van der Waals surface area contributed by atoms with Crippen molar-refractivity contribution in [1.82, 2.24) is 10.6 Å². The summed E-state index contributed by atoms with van der Waals surface area (Å²) < 4.78 is 7.05. The van der Waals surface area contributed by atoms with E-state index in [0.717, 1.165) is 33.1 Å². The maximum absolute atomic E-state index is 11.8. The van der Waals surface area contributed by atoms with Crippen LogP contribution in [0.2, 0.25) is 0 Å². The first-order chi connectivity index (χ1) is 9.51. The summed E-state index contributed by atoms with van der Waals surface area (Å²) in [5.41, 5.74) is 1.08. The Morgan fingerprint density at radius 2 is 2.00 bits per heavy atom. The zero-order valence-electron chi connectivity index (χ0n) is 11.5. The Morgan fingerprint density at radius 3 is 2.50 bits per heavy atom. The molecular weight excluding hydrogens is 388 g/mol. The van der Waals surface area contributed by atoms with Crippen LogP contribution in [0.15, 0.2) is 21.1 Å². The molecule has 1 aromatic rings. The quantitative estimate of drug-likeness (QED) is 0.764.